The Hall–Kier alpha value is -2.15. The number of nitrogens with zero attached hydrogens (tertiary/aromatic N) is 3. The highest BCUT2D eigenvalue weighted by Gasteiger charge is 2.47. The van der Waals surface area contributed by atoms with Crippen molar-refractivity contribution in [3.63, 3.8) is 0 Å². The first-order valence-corrected chi connectivity index (χ1v) is 8.54. The molecule has 10 heteroatoms. The van der Waals surface area contributed by atoms with Crippen LogP contribution in [-0.2, 0) is 10.0 Å². The molecule has 0 N–H and O–H groups in total. The Balaban J connectivity index is 2.53. The SMILES string of the molecule is CN([C@H](c1ccc(Cl)cc1)C(F)(F)F)S(=O)(=O)c1cncc(C#N)c1. The number of sulfonamides is 1. The Kier molecular flexibility index (Phi) is 5.37. The summed E-state index contributed by atoms with van der Waals surface area (Å²) in [5, 5.41) is 9.04. The minimum absolute atomic E-state index is 0.0791. The van der Waals surface area contributed by atoms with Gasteiger partial charge in [0.1, 0.15) is 17.0 Å². The third-order valence-corrected chi connectivity index (χ3v) is 5.42. The zero-order chi connectivity index (χ0) is 18.8. The first kappa shape index (κ1) is 19.2. The molecule has 1 aromatic carbocycles. The molecule has 0 aliphatic heterocycles. The summed E-state index contributed by atoms with van der Waals surface area (Å²) in [5.74, 6) is 0. The molecule has 1 atom stereocenters. The van der Waals surface area contributed by atoms with Crippen LogP contribution >= 0.6 is 11.6 Å². The van der Waals surface area contributed by atoms with Crippen molar-refractivity contribution in [3.05, 3.63) is 58.9 Å². The van der Waals surface area contributed by atoms with E-state index in [-0.39, 0.29) is 20.5 Å². The average Bonchev–Trinajstić information content (AvgIpc) is 2.55. The summed E-state index contributed by atoms with van der Waals surface area (Å²) in [6.45, 7) is 0. The van der Waals surface area contributed by atoms with Crippen LogP contribution in [-0.4, -0.2) is 30.9 Å². The molecular weight excluding hydrogens is 379 g/mol. The summed E-state index contributed by atoms with van der Waals surface area (Å²) in [6.07, 6.45) is -2.86. The van der Waals surface area contributed by atoms with Gasteiger partial charge in [0, 0.05) is 24.5 Å². The van der Waals surface area contributed by atoms with E-state index < -0.39 is 27.1 Å². The van der Waals surface area contributed by atoms with Gasteiger partial charge in [0.25, 0.3) is 0 Å². The first-order valence-electron chi connectivity index (χ1n) is 6.72. The summed E-state index contributed by atoms with van der Waals surface area (Å²) in [6, 6.07) is 4.95. The molecule has 25 heavy (non-hydrogen) atoms. The van der Waals surface area contributed by atoms with Gasteiger partial charge in [-0.05, 0) is 23.8 Å². The molecule has 0 amide bonds. The number of benzene rings is 1. The number of hydrogen-bond acceptors (Lipinski definition) is 4. The van der Waals surface area contributed by atoms with E-state index in [4.69, 9.17) is 16.9 Å². The van der Waals surface area contributed by atoms with Crippen molar-refractivity contribution in [1.29, 1.82) is 5.26 Å². The van der Waals surface area contributed by atoms with Gasteiger partial charge in [-0.1, -0.05) is 23.7 Å². The molecule has 0 saturated heterocycles. The average molecular weight is 390 g/mol. The van der Waals surface area contributed by atoms with E-state index in [1.54, 1.807) is 6.07 Å². The molecule has 5 nitrogen and oxygen atoms in total. The third-order valence-electron chi connectivity index (χ3n) is 3.38. The fourth-order valence-electron chi connectivity index (χ4n) is 2.18. The zero-order valence-electron chi connectivity index (χ0n) is 12.7. The Bertz CT molecular complexity index is 909. The number of alkyl halides is 3. The van der Waals surface area contributed by atoms with E-state index >= 15 is 0 Å². The van der Waals surface area contributed by atoms with Crippen molar-refractivity contribution in [2.45, 2.75) is 17.1 Å². The van der Waals surface area contributed by atoms with Crippen LogP contribution in [0.4, 0.5) is 13.2 Å². The molecule has 0 radical (unpaired) electrons. The molecule has 0 fully saturated rings. The topological polar surface area (TPSA) is 74.1 Å². The van der Waals surface area contributed by atoms with Crippen LogP contribution in [0.3, 0.4) is 0 Å². The lowest BCUT2D eigenvalue weighted by molar-refractivity contribution is -0.171. The van der Waals surface area contributed by atoms with E-state index in [1.165, 1.54) is 12.1 Å². The third kappa shape index (κ3) is 4.10. The Morgan fingerprint density at radius 3 is 2.36 bits per heavy atom. The molecule has 132 valence electrons. The second-order valence-electron chi connectivity index (χ2n) is 5.04. The largest absolute Gasteiger partial charge is 0.409 e. The Morgan fingerprint density at radius 2 is 1.84 bits per heavy atom. The minimum atomic E-state index is -4.87. The smallest absolute Gasteiger partial charge is 0.262 e. The van der Waals surface area contributed by atoms with Crippen molar-refractivity contribution in [2.24, 2.45) is 0 Å². The first-order chi connectivity index (χ1) is 11.6. The quantitative estimate of drug-likeness (QED) is 0.801. The molecule has 2 rings (SSSR count). The van der Waals surface area contributed by atoms with Gasteiger partial charge in [0.2, 0.25) is 10.0 Å². The van der Waals surface area contributed by atoms with Crippen LogP contribution in [0.1, 0.15) is 17.2 Å². The van der Waals surface area contributed by atoms with E-state index in [0.29, 0.717) is 0 Å². The highest BCUT2D eigenvalue weighted by molar-refractivity contribution is 7.89. The van der Waals surface area contributed by atoms with Crippen molar-refractivity contribution in [3.8, 4) is 6.07 Å². The summed E-state index contributed by atoms with van der Waals surface area (Å²) in [5.41, 5.74) is -0.364. The molecule has 2 aromatic rings. The maximum Gasteiger partial charge on any atom is 0.409 e. The molecule has 0 bridgehead atoms. The van der Waals surface area contributed by atoms with Gasteiger partial charge in [-0.15, -0.1) is 0 Å². The van der Waals surface area contributed by atoms with E-state index in [1.807, 2.05) is 0 Å². The van der Waals surface area contributed by atoms with Crippen LogP contribution in [0.25, 0.3) is 0 Å². The monoisotopic (exact) mass is 389 g/mol. The van der Waals surface area contributed by atoms with Crippen LogP contribution in [0.2, 0.25) is 5.02 Å². The number of pyridine rings is 1. The van der Waals surface area contributed by atoms with E-state index in [9.17, 15) is 21.6 Å². The van der Waals surface area contributed by atoms with Gasteiger partial charge in [-0.3, -0.25) is 4.98 Å². The predicted molar refractivity (Wildman–Crippen MR) is 84.1 cm³/mol. The van der Waals surface area contributed by atoms with Crippen LogP contribution in [0.15, 0.2) is 47.6 Å². The number of hydrogen-bond donors (Lipinski definition) is 0. The molecule has 1 heterocycles. The van der Waals surface area contributed by atoms with Gasteiger partial charge >= 0.3 is 6.18 Å². The lowest BCUT2D eigenvalue weighted by Gasteiger charge is -2.29. The summed E-state index contributed by atoms with van der Waals surface area (Å²) in [7, 11) is -3.72. The van der Waals surface area contributed by atoms with Gasteiger partial charge in [0.15, 0.2) is 0 Å². The highest BCUT2D eigenvalue weighted by Crippen LogP contribution is 2.39. The molecular formula is C15H11ClF3N3O2S. The van der Waals surface area contributed by atoms with Crippen molar-refractivity contribution >= 4 is 21.6 Å². The molecule has 0 spiro atoms. The second-order valence-corrected chi connectivity index (χ2v) is 7.47. The lowest BCUT2D eigenvalue weighted by atomic mass is 10.1. The summed E-state index contributed by atoms with van der Waals surface area (Å²) >= 11 is 5.68. The predicted octanol–water partition coefficient (Wildman–Crippen LogP) is 3.53. The molecule has 1 aromatic heterocycles. The van der Waals surface area contributed by atoms with Crippen molar-refractivity contribution in [1.82, 2.24) is 9.29 Å². The van der Waals surface area contributed by atoms with Gasteiger partial charge in [-0.2, -0.15) is 22.7 Å². The number of rotatable bonds is 4. The maximum absolute atomic E-state index is 13.5. The van der Waals surface area contributed by atoms with Crippen molar-refractivity contribution < 1.29 is 21.6 Å². The van der Waals surface area contributed by atoms with Crippen LogP contribution in [0.5, 0.6) is 0 Å². The molecule has 0 unspecified atom stereocenters. The van der Waals surface area contributed by atoms with Crippen LogP contribution in [0, 0.1) is 11.3 Å². The fraction of sp³-hybridized carbons (Fsp3) is 0.200. The van der Waals surface area contributed by atoms with Gasteiger partial charge in [0.05, 0.1) is 5.56 Å². The molecule has 0 aliphatic rings. The van der Waals surface area contributed by atoms with E-state index in [2.05, 4.69) is 4.98 Å². The van der Waals surface area contributed by atoms with E-state index in [0.717, 1.165) is 37.6 Å². The Morgan fingerprint density at radius 1 is 1.24 bits per heavy atom. The fourth-order valence-corrected chi connectivity index (χ4v) is 3.62. The maximum atomic E-state index is 13.5. The normalized spacial score (nSPS) is 13.5. The molecule has 0 aliphatic carbocycles. The van der Waals surface area contributed by atoms with Crippen molar-refractivity contribution in [2.75, 3.05) is 7.05 Å². The van der Waals surface area contributed by atoms with Gasteiger partial charge in [-0.25, -0.2) is 8.42 Å². The molecule has 0 saturated carbocycles. The zero-order valence-corrected chi connectivity index (χ0v) is 14.3. The highest BCUT2D eigenvalue weighted by atomic mass is 35.5. The standard InChI is InChI=1S/C15H11ClF3N3O2S/c1-22(25(23,24)13-6-10(7-20)8-21-9-13)14(15(17,18)19)11-2-4-12(16)5-3-11/h2-6,8-9,14H,1H3/t14-/m1/s1. The summed E-state index contributed by atoms with van der Waals surface area (Å²) < 4.78 is 66.0. The summed E-state index contributed by atoms with van der Waals surface area (Å²) in [4.78, 5) is 3.08. The second kappa shape index (κ2) is 7.00. The number of halogens is 4. The Labute approximate surface area is 147 Å². The minimum Gasteiger partial charge on any atom is -0.262 e. The number of aromatic nitrogens is 1. The number of nitriles is 1. The van der Waals surface area contributed by atoms with Crippen LogP contribution < -0.4 is 0 Å². The lowest BCUT2D eigenvalue weighted by Crippen LogP contribution is -2.39. The van der Waals surface area contributed by atoms with Gasteiger partial charge < -0.3 is 0 Å².